The van der Waals surface area contributed by atoms with Gasteiger partial charge < -0.3 is 14.8 Å². The van der Waals surface area contributed by atoms with Crippen LogP contribution in [0.5, 0.6) is 5.75 Å². The zero-order valence-electron chi connectivity index (χ0n) is 12.6. The molecule has 0 aliphatic rings. The molecule has 0 aliphatic heterocycles. The fourth-order valence-corrected chi connectivity index (χ4v) is 2.64. The lowest BCUT2D eigenvalue weighted by molar-refractivity contribution is -0.124. The van der Waals surface area contributed by atoms with Crippen LogP contribution < -0.4 is 14.8 Å². The van der Waals surface area contributed by atoms with Crippen molar-refractivity contribution in [3.63, 3.8) is 0 Å². The van der Waals surface area contributed by atoms with E-state index >= 15 is 0 Å². The Morgan fingerprint density at radius 1 is 1.09 bits per heavy atom. The number of Topliss-reactive ketones (excluding diaryl/α,β-unsaturated/α-hetero) is 1. The Morgan fingerprint density at radius 2 is 1.73 bits per heavy atom. The Bertz CT molecular complexity index is 611. The molecule has 1 aromatic rings. The van der Waals surface area contributed by atoms with Gasteiger partial charge in [0.15, 0.2) is 0 Å². The first-order valence-corrected chi connectivity index (χ1v) is 8.23. The summed E-state index contributed by atoms with van der Waals surface area (Å²) in [6, 6.07) is 5.98. The minimum absolute atomic E-state index is 0.0599. The highest BCUT2D eigenvalue weighted by molar-refractivity contribution is 7.89. The van der Waals surface area contributed by atoms with Gasteiger partial charge in [-0.3, -0.25) is 4.79 Å². The van der Waals surface area contributed by atoms with Crippen LogP contribution in [-0.4, -0.2) is 40.3 Å². The van der Waals surface area contributed by atoms with Crippen LogP contribution in [0.25, 0.3) is 0 Å². The zero-order valence-corrected chi connectivity index (χ0v) is 13.4. The van der Waals surface area contributed by atoms with E-state index in [1.54, 1.807) is 12.1 Å². The predicted molar refractivity (Wildman–Crippen MR) is 81.1 cm³/mol. The molecule has 8 heteroatoms. The number of rotatable bonds is 9. The summed E-state index contributed by atoms with van der Waals surface area (Å²) in [6.07, 6.45) is 0.296. The summed E-state index contributed by atoms with van der Waals surface area (Å²) in [4.78, 5) is 22.2. The second-order valence-electron chi connectivity index (χ2n) is 4.63. The van der Waals surface area contributed by atoms with Crippen molar-refractivity contribution in [1.82, 2.24) is 10.0 Å². The molecule has 0 spiro atoms. The van der Waals surface area contributed by atoms with Gasteiger partial charge in [-0.1, -0.05) is 0 Å². The number of carbonyl (C=O) groups excluding carboxylic acids is 2. The van der Waals surface area contributed by atoms with Crippen molar-refractivity contribution in [3.05, 3.63) is 24.3 Å². The molecule has 0 fully saturated rings. The summed E-state index contributed by atoms with van der Waals surface area (Å²) < 4.78 is 31.3. The van der Waals surface area contributed by atoms with E-state index in [0.29, 0.717) is 5.75 Å². The van der Waals surface area contributed by atoms with Crippen LogP contribution in [0.2, 0.25) is 0 Å². The molecule has 0 atom stereocenters. The van der Waals surface area contributed by atoms with E-state index in [1.165, 1.54) is 26.2 Å². The lowest BCUT2D eigenvalue weighted by Crippen LogP contribution is -2.34. The van der Waals surface area contributed by atoms with Crippen LogP contribution in [0.4, 0.5) is 0 Å². The van der Waals surface area contributed by atoms with Crippen molar-refractivity contribution < 1.29 is 22.7 Å². The molecule has 0 radical (unpaired) electrons. The minimum Gasteiger partial charge on any atom is -0.497 e. The number of methoxy groups -OCH3 is 1. The molecule has 0 saturated carbocycles. The quantitative estimate of drug-likeness (QED) is 0.641. The van der Waals surface area contributed by atoms with Crippen molar-refractivity contribution >= 4 is 21.7 Å². The Hall–Kier alpha value is -1.93. The molecular formula is C14H20N2O5S. The number of carbonyl (C=O) groups is 2. The van der Waals surface area contributed by atoms with Crippen molar-refractivity contribution in [2.24, 2.45) is 0 Å². The van der Waals surface area contributed by atoms with Crippen molar-refractivity contribution in [2.45, 2.75) is 24.7 Å². The van der Waals surface area contributed by atoms with Crippen LogP contribution in [0.3, 0.4) is 0 Å². The van der Waals surface area contributed by atoms with Gasteiger partial charge in [-0.25, -0.2) is 13.1 Å². The van der Waals surface area contributed by atoms with E-state index in [2.05, 4.69) is 10.0 Å². The van der Waals surface area contributed by atoms with E-state index in [4.69, 9.17) is 4.74 Å². The fourth-order valence-electron chi connectivity index (χ4n) is 1.60. The molecule has 2 N–H and O–H groups in total. The number of ketones is 1. The maximum atomic E-state index is 12.0. The van der Waals surface area contributed by atoms with Gasteiger partial charge in [-0.05, 0) is 31.2 Å². The summed E-state index contributed by atoms with van der Waals surface area (Å²) in [5.41, 5.74) is 0. The molecule has 0 aliphatic carbocycles. The largest absolute Gasteiger partial charge is 0.497 e. The second-order valence-corrected chi connectivity index (χ2v) is 6.39. The number of sulfonamides is 1. The van der Waals surface area contributed by atoms with Crippen molar-refractivity contribution in [2.75, 3.05) is 20.2 Å². The van der Waals surface area contributed by atoms with E-state index < -0.39 is 10.0 Å². The fraction of sp³-hybridized carbons (Fsp3) is 0.429. The number of benzene rings is 1. The van der Waals surface area contributed by atoms with Crippen LogP contribution in [0.1, 0.15) is 19.8 Å². The highest BCUT2D eigenvalue weighted by Gasteiger charge is 2.13. The standard InChI is InChI=1S/C14H20N2O5S/c1-11(17)3-8-14(18)15-9-10-16-22(19,20)13-6-4-12(21-2)5-7-13/h4-7,16H,3,8-10H2,1-2H3,(H,15,18). The highest BCUT2D eigenvalue weighted by Crippen LogP contribution is 2.14. The third kappa shape index (κ3) is 6.23. The molecule has 1 amide bonds. The number of nitrogens with one attached hydrogen (secondary N) is 2. The van der Waals surface area contributed by atoms with Crippen molar-refractivity contribution in [1.29, 1.82) is 0 Å². The second kappa shape index (κ2) is 8.50. The van der Waals surface area contributed by atoms with Gasteiger partial charge in [-0.15, -0.1) is 0 Å². The Morgan fingerprint density at radius 3 is 2.27 bits per heavy atom. The highest BCUT2D eigenvalue weighted by atomic mass is 32.2. The van der Waals surface area contributed by atoms with Crippen LogP contribution in [0, 0.1) is 0 Å². The number of hydrogen-bond donors (Lipinski definition) is 2. The van der Waals surface area contributed by atoms with E-state index in [9.17, 15) is 18.0 Å². The summed E-state index contributed by atoms with van der Waals surface area (Å²) in [5, 5.41) is 2.54. The first-order valence-electron chi connectivity index (χ1n) is 6.75. The molecule has 22 heavy (non-hydrogen) atoms. The van der Waals surface area contributed by atoms with Gasteiger partial charge in [0.1, 0.15) is 11.5 Å². The molecule has 0 saturated heterocycles. The van der Waals surface area contributed by atoms with Crippen LogP contribution in [0.15, 0.2) is 29.2 Å². The monoisotopic (exact) mass is 328 g/mol. The van der Waals surface area contributed by atoms with Gasteiger partial charge in [0.2, 0.25) is 15.9 Å². The van der Waals surface area contributed by atoms with Crippen LogP contribution >= 0.6 is 0 Å². The maximum absolute atomic E-state index is 12.0. The SMILES string of the molecule is COc1ccc(S(=O)(=O)NCCNC(=O)CCC(C)=O)cc1. The van der Waals surface area contributed by atoms with Gasteiger partial charge in [0.05, 0.1) is 12.0 Å². The molecule has 1 rings (SSSR count). The molecule has 7 nitrogen and oxygen atoms in total. The average Bonchev–Trinajstić information content (AvgIpc) is 2.49. The topological polar surface area (TPSA) is 102 Å². The summed E-state index contributed by atoms with van der Waals surface area (Å²) >= 11 is 0. The van der Waals surface area contributed by atoms with Gasteiger partial charge >= 0.3 is 0 Å². The van der Waals surface area contributed by atoms with Crippen LogP contribution in [-0.2, 0) is 19.6 Å². The zero-order chi connectivity index (χ0) is 16.6. The molecule has 0 bridgehead atoms. The maximum Gasteiger partial charge on any atom is 0.240 e. The molecule has 0 unspecified atom stereocenters. The number of amides is 1. The summed E-state index contributed by atoms with van der Waals surface area (Å²) in [6.45, 7) is 1.64. The van der Waals surface area contributed by atoms with E-state index in [0.717, 1.165) is 0 Å². The molecule has 0 aromatic heterocycles. The number of ether oxygens (including phenoxy) is 1. The Labute approximate surface area is 130 Å². The molecular weight excluding hydrogens is 308 g/mol. The predicted octanol–water partition coefficient (Wildman–Crippen LogP) is 0.459. The molecule has 0 heterocycles. The summed E-state index contributed by atoms with van der Waals surface area (Å²) in [7, 11) is -2.12. The smallest absolute Gasteiger partial charge is 0.240 e. The first kappa shape index (κ1) is 18.1. The Balaban J connectivity index is 2.39. The van der Waals surface area contributed by atoms with Crippen molar-refractivity contribution in [3.8, 4) is 5.75 Å². The average molecular weight is 328 g/mol. The normalized spacial score (nSPS) is 11.0. The first-order chi connectivity index (χ1) is 10.3. The number of hydrogen-bond acceptors (Lipinski definition) is 5. The molecule has 1 aromatic carbocycles. The lowest BCUT2D eigenvalue weighted by atomic mass is 10.2. The Kier molecular flexibility index (Phi) is 7.00. The van der Waals surface area contributed by atoms with Gasteiger partial charge in [0, 0.05) is 25.9 Å². The van der Waals surface area contributed by atoms with Gasteiger partial charge in [-0.2, -0.15) is 0 Å². The molecule has 122 valence electrons. The minimum atomic E-state index is -3.62. The third-order valence-corrected chi connectivity index (χ3v) is 4.29. The lowest BCUT2D eigenvalue weighted by Gasteiger charge is -2.08. The van der Waals surface area contributed by atoms with E-state index in [1.807, 2.05) is 0 Å². The van der Waals surface area contributed by atoms with E-state index in [-0.39, 0.29) is 42.5 Å². The van der Waals surface area contributed by atoms with Gasteiger partial charge in [0.25, 0.3) is 0 Å². The third-order valence-electron chi connectivity index (χ3n) is 2.81. The summed E-state index contributed by atoms with van der Waals surface area (Å²) in [5.74, 6) is 0.228.